The molecule has 19 heavy (non-hydrogen) atoms. The zero-order valence-corrected chi connectivity index (χ0v) is 12.2. The topological polar surface area (TPSA) is 46.2 Å². The van der Waals surface area contributed by atoms with Crippen molar-refractivity contribution < 1.29 is 9.59 Å². The van der Waals surface area contributed by atoms with E-state index in [2.05, 4.69) is 19.2 Å². The molecule has 0 fully saturated rings. The second kappa shape index (κ2) is 7.07. The van der Waals surface area contributed by atoms with Crippen LogP contribution in [0, 0.1) is 0 Å². The summed E-state index contributed by atoms with van der Waals surface area (Å²) in [7, 11) is 0. The fraction of sp³-hybridized carbons (Fsp3) is 0.500. The summed E-state index contributed by atoms with van der Waals surface area (Å²) in [5, 5.41) is 2.69. The van der Waals surface area contributed by atoms with E-state index in [1.54, 1.807) is 12.1 Å². The summed E-state index contributed by atoms with van der Waals surface area (Å²) in [6.07, 6.45) is 1.87. The molecule has 0 heterocycles. The van der Waals surface area contributed by atoms with Gasteiger partial charge in [0.1, 0.15) is 0 Å². The summed E-state index contributed by atoms with van der Waals surface area (Å²) in [6.45, 7) is 8.13. The number of hydrogen-bond donors (Lipinski definition) is 1. The zero-order chi connectivity index (χ0) is 14.4. The maximum atomic E-state index is 11.9. The summed E-state index contributed by atoms with van der Waals surface area (Å²) < 4.78 is 0. The zero-order valence-electron chi connectivity index (χ0n) is 12.2. The molecule has 0 aliphatic carbocycles. The lowest BCUT2D eigenvalue weighted by Gasteiger charge is -2.11. The van der Waals surface area contributed by atoms with Gasteiger partial charge in [-0.05, 0) is 31.2 Å². The van der Waals surface area contributed by atoms with E-state index in [0.29, 0.717) is 11.5 Å². The molecule has 1 N–H and O–H groups in total. The van der Waals surface area contributed by atoms with E-state index in [-0.39, 0.29) is 6.04 Å². The van der Waals surface area contributed by atoms with Gasteiger partial charge in [0, 0.05) is 11.6 Å². The van der Waals surface area contributed by atoms with Crippen LogP contribution in [0.3, 0.4) is 0 Å². The summed E-state index contributed by atoms with van der Waals surface area (Å²) in [5.74, 6) is -0.514. The first-order valence-electron chi connectivity index (χ1n) is 6.94. The van der Waals surface area contributed by atoms with Crippen LogP contribution in [-0.2, 0) is 4.79 Å². The Kier molecular flexibility index (Phi) is 5.74. The first-order chi connectivity index (χ1) is 8.99. The molecular weight excluding hydrogens is 238 g/mol. The van der Waals surface area contributed by atoms with Crippen LogP contribution in [0.4, 0.5) is 0 Å². The third-order valence-corrected chi connectivity index (χ3v) is 3.55. The minimum Gasteiger partial charge on any atom is -0.347 e. The van der Waals surface area contributed by atoms with E-state index in [4.69, 9.17) is 0 Å². The van der Waals surface area contributed by atoms with Gasteiger partial charge in [0.2, 0.25) is 5.78 Å². The highest BCUT2D eigenvalue weighted by molar-refractivity contribution is 6.42. The second-order valence-corrected chi connectivity index (χ2v) is 5.04. The molecule has 0 aliphatic heterocycles. The predicted octanol–water partition coefficient (Wildman–Crippen LogP) is 3.30. The van der Waals surface area contributed by atoms with Crippen LogP contribution in [0.15, 0.2) is 24.3 Å². The van der Waals surface area contributed by atoms with Crippen molar-refractivity contribution in [2.24, 2.45) is 0 Å². The number of amides is 1. The van der Waals surface area contributed by atoms with Crippen molar-refractivity contribution in [2.75, 3.05) is 0 Å². The summed E-state index contributed by atoms with van der Waals surface area (Å²) in [6, 6.07) is 7.35. The molecule has 0 aromatic heterocycles. The molecule has 0 saturated carbocycles. The fourth-order valence-corrected chi connectivity index (χ4v) is 1.72. The highest BCUT2D eigenvalue weighted by Crippen LogP contribution is 2.18. The number of carbonyl (C=O) groups is 2. The van der Waals surface area contributed by atoms with E-state index in [9.17, 15) is 9.59 Å². The normalized spacial score (nSPS) is 13.7. The van der Waals surface area contributed by atoms with Crippen molar-refractivity contribution >= 4 is 11.7 Å². The molecule has 2 atom stereocenters. The van der Waals surface area contributed by atoms with Gasteiger partial charge < -0.3 is 5.32 Å². The molecule has 3 nitrogen and oxygen atoms in total. The van der Waals surface area contributed by atoms with Crippen molar-refractivity contribution in [3.63, 3.8) is 0 Å². The summed E-state index contributed by atoms with van der Waals surface area (Å²) in [4.78, 5) is 23.7. The molecule has 1 rings (SSSR count). The average molecular weight is 261 g/mol. The van der Waals surface area contributed by atoms with Gasteiger partial charge in [-0.15, -0.1) is 0 Å². The molecule has 0 saturated heterocycles. The molecule has 104 valence electrons. The third-order valence-electron chi connectivity index (χ3n) is 3.55. The minimum atomic E-state index is -0.523. The van der Waals surface area contributed by atoms with Crippen LogP contribution in [-0.4, -0.2) is 17.7 Å². The lowest BCUT2D eigenvalue weighted by atomic mass is 9.97. The Balaban J connectivity index is 2.75. The Labute approximate surface area is 115 Å². The minimum absolute atomic E-state index is 0.0239. The Bertz CT molecular complexity index is 437. The van der Waals surface area contributed by atoms with E-state index in [0.717, 1.165) is 12.8 Å². The molecule has 2 unspecified atom stereocenters. The first-order valence-corrected chi connectivity index (χ1v) is 6.94. The highest BCUT2D eigenvalue weighted by Gasteiger charge is 2.17. The number of carbonyl (C=O) groups excluding carboxylic acids is 2. The smallest absolute Gasteiger partial charge is 0.292 e. The monoisotopic (exact) mass is 261 g/mol. The van der Waals surface area contributed by atoms with Crippen molar-refractivity contribution in [2.45, 2.75) is 52.5 Å². The van der Waals surface area contributed by atoms with E-state index >= 15 is 0 Å². The van der Waals surface area contributed by atoms with Crippen LogP contribution in [0.5, 0.6) is 0 Å². The largest absolute Gasteiger partial charge is 0.347 e. The van der Waals surface area contributed by atoms with Gasteiger partial charge in [0.15, 0.2) is 0 Å². The van der Waals surface area contributed by atoms with Gasteiger partial charge in [0.25, 0.3) is 5.91 Å². The Morgan fingerprint density at radius 3 is 2.11 bits per heavy atom. The Morgan fingerprint density at radius 1 is 1.05 bits per heavy atom. The van der Waals surface area contributed by atoms with Crippen molar-refractivity contribution in [3.05, 3.63) is 35.4 Å². The molecule has 0 bridgehead atoms. The maximum Gasteiger partial charge on any atom is 0.292 e. The van der Waals surface area contributed by atoms with Crippen LogP contribution < -0.4 is 5.32 Å². The molecule has 0 radical (unpaired) electrons. The van der Waals surface area contributed by atoms with E-state index < -0.39 is 11.7 Å². The lowest BCUT2D eigenvalue weighted by Crippen LogP contribution is -2.37. The standard InChI is InChI=1S/C16H23NO2/c1-5-11(3)13-7-9-14(10-8-13)15(18)16(19)17-12(4)6-2/h7-12H,5-6H2,1-4H3,(H,17,19). The number of benzene rings is 1. The number of nitrogens with one attached hydrogen (secondary N) is 1. The SMILES string of the molecule is CCC(C)NC(=O)C(=O)c1ccc(C(C)CC)cc1. The Hall–Kier alpha value is -1.64. The number of hydrogen-bond acceptors (Lipinski definition) is 2. The molecular formula is C16H23NO2. The highest BCUT2D eigenvalue weighted by atomic mass is 16.2. The summed E-state index contributed by atoms with van der Waals surface area (Å²) in [5.41, 5.74) is 1.65. The third kappa shape index (κ3) is 4.19. The quantitative estimate of drug-likeness (QED) is 0.631. The molecule has 0 aliphatic rings. The van der Waals surface area contributed by atoms with Gasteiger partial charge in [0.05, 0.1) is 0 Å². The van der Waals surface area contributed by atoms with Gasteiger partial charge in [-0.3, -0.25) is 9.59 Å². The molecule has 1 aromatic rings. The molecule has 1 amide bonds. The maximum absolute atomic E-state index is 11.9. The van der Waals surface area contributed by atoms with Gasteiger partial charge >= 0.3 is 0 Å². The van der Waals surface area contributed by atoms with E-state index in [1.165, 1.54) is 5.56 Å². The molecule has 0 spiro atoms. The fourth-order valence-electron chi connectivity index (χ4n) is 1.72. The van der Waals surface area contributed by atoms with Crippen LogP contribution in [0.1, 0.15) is 62.4 Å². The van der Waals surface area contributed by atoms with Crippen molar-refractivity contribution in [1.82, 2.24) is 5.32 Å². The van der Waals surface area contributed by atoms with Gasteiger partial charge in [-0.25, -0.2) is 0 Å². The first kappa shape index (κ1) is 15.4. The van der Waals surface area contributed by atoms with Crippen molar-refractivity contribution in [3.8, 4) is 0 Å². The summed E-state index contributed by atoms with van der Waals surface area (Å²) >= 11 is 0. The lowest BCUT2D eigenvalue weighted by molar-refractivity contribution is -0.117. The molecule has 3 heteroatoms. The average Bonchev–Trinajstić information content (AvgIpc) is 2.45. The van der Waals surface area contributed by atoms with Gasteiger partial charge in [-0.2, -0.15) is 0 Å². The van der Waals surface area contributed by atoms with Crippen LogP contribution in [0.2, 0.25) is 0 Å². The van der Waals surface area contributed by atoms with Crippen LogP contribution >= 0.6 is 0 Å². The number of rotatable bonds is 6. The number of Topliss-reactive ketones (excluding diaryl/α,β-unsaturated/α-hetero) is 1. The van der Waals surface area contributed by atoms with Crippen molar-refractivity contribution in [1.29, 1.82) is 0 Å². The number of ketones is 1. The molecule has 1 aromatic carbocycles. The van der Waals surface area contributed by atoms with E-state index in [1.807, 2.05) is 26.0 Å². The van der Waals surface area contributed by atoms with Crippen LogP contribution in [0.25, 0.3) is 0 Å². The second-order valence-electron chi connectivity index (χ2n) is 5.04. The van der Waals surface area contributed by atoms with Gasteiger partial charge in [-0.1, -0.05) is 45.0 Å². The Morgan fingerprint density at radius 2 is 1.63 bits per heavy atom. The predicted molar refractivity (Wildman–Crippen MR) is 77.4 cm³/mol.